The Morgan fingerprint density at radius 3 is 2.44 bits per heavy atom. The van der Waals surface area contributed by atoms with Crippen LogP contribution in [0.3, 0.4) is 0 Å². The first-order valence-electron chi connectivity index (χ1n) is 9.35. The standard InChI is InChI=1S/C18H29N3O3S/c1-4-15-9-5-6-12-21(15)25(23,24)17-13-16(19(3)14(17)2)18(22)20-10-7-8-11-20/h13,15H,4-12H2,1-3H3. The first kappa shape index (κ1) is 18.5. The molecule has 2 aliphatic heterocycles. The molecule has 1 amide bonds. The highest BCUT2D eigenvalue weighted by molar-refractivity contribution is 7.89. The highest BCUT2D eigenvalue weighted by Crippen LogP contribution is 2.30. The fourth-order valence-corrected chi connectivity index (χ4v) is 6.08. The Morgan fingerprint density at radius 1 is 1.16 bits per heavy atom. The number of amides is 1. The van der Waals surface area contributed by atoms with Crippen LogP contribution in [0.2, 0.25) is 0 Å². The summed E-state index contributed by atoms with van der Waals surface area (Å²) < 4.78 is 29.9. The molecule has 1 unspecified atom stereocenters. The lowest BCUT2D eigenvalue weighted by Gasteiger charge is -2.34. The van der Waals surface area contributed by atoms with Gasteiger partial charge < -0.3 is 9.47 Å². The van der Waals surface area contributed by atoms with Crippen LogP contribution in [0.1, 0.15) is 61.6 Å². The summed E-state index contributed by atoms with van der Waals surface area (Å²) in [5, 5.41) is 0. The quantitative estimate of drug-likeness (QED) is 0.821. The first-order valence-corrected chi connectivity index (χ1v) is 10.8. The molecule has 0 bridgehead atoms. The molecule has 6 nitrogen and oxygen atoms in total. The van der Waals surface area contributed by atoms with Crippen molar-refractivity contribution in [3.63, 3.8) is 0 Å². The number of piperidine rings is 1. The molecule has 0 aromatic carbocycles. The topological polar surface area (TPSA) is 62.6 Å². The monoisotopic (exact) mass is 367 g/mol. The Kier molecular flexibility index (Phi) is 5.25. The van der Waals surface area contributed by atoms with Crippen molar-refractivity contribution in [2.45, 2.75) is 63.3 Å². The van der Waals surface area contributed by atoms with Crippen molar-refractivity contribution in [1.82, 2.24) is 13.8 Å². The van der Waals surface area contributed by atoms with Gasteiger partial charge in [0.1, 0.15) is 10.6 Å². The molecule has 0 saturated carbocycles. The Morgan fingerprint density at radius 2 is 1.80 bits per heavy atom. The van der Waals surface area contributed by atoms with E-state index in [1.165, 1.54) is 0 Å². The molecule has 0 radical (unpaired) electrons. The summed E-state index contributed by atoms with van der Waals surface area (Å²) in [4.78, 5) is 14.9. The minimum atomic E-state index is -3.57. The number of carbonyl (C=O) groups is 1. The second-order valence-corrected chi connectivity index (χ2v) is 9.07. The SMILES string of the molecule is CCC1CCCCN1S(=O)(=O)c1cc(C(=O)N2CCCC2)n(C)c1C. The zero-order valence-electron chi connectivity index (χ0n) is 15.5. The number of carbonyl (C=O) groups excluding carboxylic acids is 1. The van der Waals surface area contributed by atoms with Gasteiger partial charge in [-0.1, -0.05) is 13.3 Å². The van der Waals surface area contributed by atoms with Crippen molar-refractivity contribution in [2.24, 2.45) is 7.05 Å². The number of likely N-dealkylation sites (tertiary alicyclic amines) is 1. The second kappa shape index (κ2) is 7.11. The highest BCUT2D eigenvalue weighted by atomic mass is 32.2. The lowest BCUT2D eigenvalue weighted by Crippen LogP contribution is -2.43. The van der Waals surface area contributed by atoms with Gasteiger partial charge in [-0.05, 0) is 45.1 Å². The molecule has 1 aromatic heterocycles. The minimum absolute atomic E-state index is 0.0600. The van der Waals surface area contributed by atoms with Gasteiger partial charge in [0.15, 0.2) is 0 Å². The van der Waals surface area contributed by atoms with Crippen molar-refractivity contribution in [3.8, 4) is 0 Å². The third-order valence-corrected chi connectivity index (χ3v) is 7.80. The summed E-state index contributed by atoms with van der Waals surface area (Å²) in [6, 6.07) is 1.66. The average Bonchev–Trinajstić information content (AvgIpc) is 3.24. The molecule has 2 saturated heterocycles. The Bertz CT molecular complexity index is 748. The maximum absolute atomic E-state index is 13.3. The molecule has 0 spiro atoms. The molecule has 3 rings (SSSR count). The highest BCUT2D eigenvalue weighted by Gasteiger charge is 2.36. The van der Waals surface area contributed by atoms with Crippen molar-refractivity contribution >= 4 is 15.9 Å². The van der Waals surface area contributed by atoms with E-state index in [4.69, 9.17) is 0 Å². The van der Waals surface area contributed by atoms with Crippen LogP contribution in [0, 0.1) is 6.92 Å². The fraction of sp³-hybridized carbons (Fsp3) is 0.722. The number of rotatable bonds is 4. The molecule has 1 atom stereocenters. The van der Waals surface area contributed by atoms with Crippen molar-refractivity contribution in [2.75, 3.05) is 19.6 Å². The summed E-state index contributed by atoms with van der Waals surface area (Å²) in [7, 11) is -1.79. The van der Waals surface area contributed by atoms with Gasteiger partial charge >= 0.3 is 0 Å². The van der Waals surface area contributed by atoms with Crippen LogP contribution < -0.4 is 0 Å². The van der Waals surface area contributed by atoms with E-state index >= 15 is 0 Å². The zero-order chi connectivity index (χ0) is 18.2. The average molecular weight is 368 g/mol. The number of hydrogen-bond acceptors (Lipinski definition) is 3. The van der Waals surface area contributed by atoms with Gasteiger partial charge in [-0.3, -0.25) is 4.79 Å². The lowest BCUT2D eigenvalue weighted by molar-refractivity contribution is 0.0783. The van der Waals surface area contributed by atoms with E-state index in [-0.39, 0.29) is 16.8 Å². The Labute approximate surface area is 150 Å². The van der Waals surface area contributed by atoms with Gasteiger partial charge in [0.25, 0.3) is 5.91 Å². The van der Waals surface area contributed by atoms with Crippen LogP contribution in [-0.2, 0) is 17.1 Å². The predicted octanol–water partition coefficient (Wildman–Crippen LogP) is 2.52. The van der Waals surface area contributed by atoms with Gasteiger partial charge in [-0.15, -0.1) is 0 Å². The van der Waals surface area contributed by atoms with Crippen LogP contribution >= 0.6 is 0 Å². The molecule has 140 valence electrons. The van der Waals surface area contributed by atoms with E-state index in [1.807, 2.05) is 11.8 Å². The van der Waals surface area contributed by atoms with Crippen LogP contribution in [0.4, 0.5) is 0 Å². The van der Waals surface area contributed by atoms with Crippen LogP contribution in [-0.4, -0.2) is 53.8 Å². The summed E-state index contributed by atoms with van der Waals surface area (Å²) in [6.45, 7) is 5.92. The smallest absolute Gasteiger partial charge is 0.270 e. The number of hydrogen-bond donors (Lipinski definition) is 0. The van der Waals surface area contributed by atoms with E-state index in [0.29, 0.717) is 17.9 Å². The Balaban J connectivity index is 1.96. The number of sulfonamides is 1. The van der Waals surface area contributed by atoms with Gasteiger partial charge in [0, 0.05) is 38.4 Å². The fourth-order valence-electron chi connectivity index (χ4n) is 4.04. The molecule has 0 aliphatic carbocycles. The van der Waals surface area contributed by atoms with Gasteiger partial charge in [-0.25, -0.2) is 8.42 Å². The molecular formula is C18H29N3O3S. The maximum atomic E-state index is 13.3. The van der Waals surface area contributed by atoms with Crippen LogP contribution in [0.15, 0.2) is 11.0 Å². The van der Waals surface area contributed by atoms with Crippen LogP contribution in [0.25, 0.3) is 0 Å². The summed E-state index contributed by atoms with van der Waals surface area (Å²) >= 11 is 0. The molecule has 25 heavy (non-hydrogen) atoms. The summed E-state index contributed by atoms with van der Waals surface area (Å²) in [6.07, 6.45) is 5.77. The van der Waals surface area contributed by atoms with Crippen LogP contribution in [0.5, 0.6) is 0 Å². The molecule has 2 aliphatic rings. The van der Waals surface area contributed by atoms with E-state index in [1.54, 1.807) is 28.9 Å². The maximum Gasteiger partial charge on any atom is 0.270 e. The van der Waals surface area contributed by atoms with E-state index in [9.17, 15) is 13.2 Å². The van der Waals surface area contributed by atoms with Crippen molar-refractivity contribution < 1.29 is 13.2 Å². The number of aromatic nitrogens is 1. The molecular weight excluding hydrogens is 338 g/mol. The molecule has 7 heteroatoms. The largest absolute Gasteiger partial charge is 0.343 e. The Hall–Kier alpha value is -1.34. The molecule has 2 fully saturated rings. The van der Waals surface area contributed by atoms with Crippen molar-refractivity contribution in [1.29, 1.82) is 0 Å². The first-order chi connectivity index (χ1) is 11.9. The number of nitrogens with zero attached hydrogens (tertiary/aromatic N) is 3. The lowest BCUT2D eigenvalue weighted by atomic mass is 10.0. The van der Waals surface area contributed by atoms with E-state index in [0.717, 1.165) is 51.6 Å². The van der Waals surface area contributed by atoms with Gasteiger partial charge in [-0.2, -0.15) is 4.31 Å². The van der Waals surface area contributed by atoms with E-state index < -0.39 is 10.0 Å². The molecule has 0 N–H and O–H groups in total. The molecule has 1 aromatic rings. The second-order valence-electron chi connectivity index (χ2n) is 7.21. The predicted molar refractivity (Wildman–Crippen MR) is 97.1 cm³/mol. The zero-order valence-corrected chi connectivity index (χ0v) is 16.3. The normalized spacial score (nSPS) is 22.5. The third kappa shape index (κ3) is 3.24. The van der Waals surface area contributed by atoms with Crippen molar-refractivity contribution in [3.05, 3.63) is 17.5 Å². The summed E-state index contributed by atoms with van der Waals surface area (Å²) in [5.74, 6) is -0.0600. The van der Waals surface area contributed by atoms with E-state index in [2.05, 4.69) is 0 Å². The third-order valence-electron chi connectivity index (χ3n) is 5.73. The van der Waals surface area contributed by atoms with Gasteiger partial charge in [0.2, 0.25) is 10.0 Å². The molecule has 3 heterocycles. The summed E-state index contributed by atoms with van der Waals surface area (Å²) in [5.41, 5.74) is 1.12. The van der Waals surface area contributed by atoms with Gasteiger partial charge in [0.05, 0.1) is 0 Å². The minimum Gasteiger partial charge on any atom is -0.343 e.